The summed E-state index contributed by atoms with van der Waals surface area (Å²) < 4.78 is 9.23. The first-order valence-corrected chi connectivity index (χ1v) is 6.73. The largest absolute Gasteiger partial charge is 0.383 e. The summed E-state index contributed by atoms with van der Waals surface area (Å²) in [6, 6.07) is 0.249. The van der Waals surface area contributed by atoms with E-state index < -0.39 is 0 Å². The number of aryl methyl sites for hydroxylation is 2. The Hall–Kier alpha value is -1.89. The standard InChI is InChI=1S/C13H22N6O/c1-10-7-19(11(2)8-20-4)13(16-10)14-6-5-12-17-15-9-18(12)3/h7,9,11H,5-6,8H2,1-4H3,(H,14,16). The zero-order chi connectivity index (χ0) is 14.5. The molecule has 2 heterocycles. The summed E-state index contributed by atoms with van der Waals surface area (Å²) in [4.78, 5) is 4.51. The van der Waals surface area contributed by atoms with Gasteiger partial charge in [0.2, 0.25) is 5.95 Å². The van der Waals surface area contributed by atoms with Crippen LogP contribution in [0.3, 0.4) is 0 Å². The molecular weight excluding hydrogens is 256 g/mol. The molecule has 0 aliphatic rings. The number of nitrogens with one attached hydrogen (secondary N) is 1. The lowest BCUT2D eigenvalue weighted by molar-refractivity contribution is 0.163. The van der Waals surface area contributed by atoms with E-state index in [-0.39, 0.29) is 6.04 Å². The van der Waals surface area contributed by atoms with Crippen LogP contribution in [0.5, 0.6) is 0 Å². The van der Waals surface area contributed by atoms with Crippen LogP contribution < -0.4 is 5.32 Å². The molecule has 2 rings (SSSR count). The lowest BCUT2D eigenvalue weighted by Crippen LogP contribution is -2.16. The minimum Gasteiger partial charge on any atom is -0.383 e. The van der Waals surface area contributed by atoms with Gasteiger partial charge in [-0.3, -0.25) is 0 Å². The summed E-state index contributed by atoms with van der Waals surface area (Å²) in [5.41, 5.74) is 0.995. The SMILES string of the molecule is COCC(C)n1cc(C)nc1NCCc1nncn1C. The number of methoxy groups -OCH3 is 1. The lowest BCUT2D eigenvalue weighted by Gasteiger charge is -2.16. The normalized spacial score (nSPS) is 12.6. The molecule has 0 aromatic carbocycles. The van der Waals surface area contributed by atoms with Gasteiger partial charge in [-0.15, -0.1) is 10.2 Å². The van der Waals surface area contributed by atoms with Gasteiger partial charge in [-0.05, 0) is 13.8 Å². The highest BCUT2D eigenvalue weighted by molar-refractivity contribution is 5.29. The molecule has 0 bridgehead atoms. The first-order valence-electron chi connectivity index (χ1n) is 6.73. The molecule has 0 saturated carbocycles. The zero-order valence-corrected chi connectivity index (χ0v) is 12.5. The molecule has 0 amide bonds. The van der Waals surface area contributed by atoms with Gasteiger partial charge >= 0.3 is 0 Å². The van der Waals surface area contributed by atoms with E-state index in [2.05, 4.69) is 32.0 Å². The highest BCUT2D eigenvalue weighted by atomic mass is 16.5. The van der Waals surface area contributed by atoms with Crippen LogP contribution in [0, 0.1) is 6.92 Å². The second-order valence-electron chi connectivity index (χ2n) is 4.95. The van der Waals surface area contributed by atoms with Crippen LogP contribution in [-0.2, 0) is 18.2 Å². The number of hydrogen-bond acceptors (Lipinski definition) is 5. The van der Waals surface area contributed by atoms with Gasteiger partial charge in [0.25, 0.3) is 0 Å². The second-order valence-corrected chi connectivity index (χ2v) is 4.95. The Morgan fingerprint density at radius 3 is 2.90 bits per heavy atom. The third-order valence-electron chi connectivity index (χ3n) is 3.17. The van der Waals surface area contributed by atoms with Gasteiger partial charge in [-0.2, -0.15) is 0 Å². The van der Waals surface area contributed by atoms with E-state index >= 15 is 0 Å². The highest BCUT2D eigenvalue weighted by Crippen LogP contribution is 2.16. The van der Waals surface area contributed by atoms with Crippen molar-refractivity contribution in [3.05, 3.63) is 24.0 Å². The second kappa shape index (κ2) is 6.51. The van der Waals surface area contributed by atoms with Crippen molar-refractivity contribution in [2.24, 2.45) is 7.05 Å². The Labute approximate surface area is 119 Å². The predicted molar refractivity (Wildman–Crippen MR) is 76.7 cm³/mol. The Bertz CT molecular complexity index is 547. The van der Waals surface area contributed by atoms with E-state index in [0.717, 1.165) is 30.4 Å². The minimum atomic E-state index is 0.249. The molecule has 0 radical (unpaired) electrons. The van der Waals surface area contributed by atoms with Crippen molar-refractivity contribution in [1.29, 1.82) is 0 Å². The Morgan fingerprint density at radius 1 is 1.45 bits per heavy atom. The number of imidazole rings is 1. The van der Waals surface area contributed by atoms with Crippen LogP contribution in [0.4, 0.5) is 5.95 Å². The molecule has 0 saturated heterocycles. The van der Waals surface area contributed by atoms with Crippen molar-refractivity contribution in [3.8, 4) is 0 Å². The molecule has 0 fully saturated rings. The van der Waals surface area contributed by atoms with Gasteiger partial charge in [-0.1, -0.05) is 0 Å². The average Bonchev–Trinajstić information content (AvgIpc) is 2.97. The van der Waals surface area contributed by atoms with Crippen molar-refractivity contribution in [2.75, 3.05) is 25.6 Å². The molecule has 1 unspecified atom stereocenters. The molecule has 0 spiro atoms. The molecule has 0 aliphatic heterocycles. The minimum absolute atomic E-state index is 0.249. The van der Waals surface area contributed by atoms with Gasteiger partial charge < -0.3 is 19.2 Å². The molecule has 0 aliphatic carbocycles. The topological polar surface area (TPSA) is 69.8 Å². The van der Waals surface area contributed by atoms with Crippen molar-refractivity contribution in [3.63, 3.8) is 0 Å². The predicted octanol–water partition coefficient (Wildman–Crippen LogP) is 1.18. The van der Waals surface area contributed by atoms with Gasteiger partial charge in [0.15, 0.2) is 0 Å². The van der Waals surface area contributed by atoms with Crippen LogP contribution in [-0.4, -0.2) is 44.6 Å². The zero-order valence-electron chi connectivity index (χ0n) is 12.5. The molecule has 7 nitrogen and oxygen atoms in total. The third kappa shape index (κ3) is 3.36. The quantitative estimate of drug-likeness (QED) is 0.823. The van der Waals surface area contributed by atoms with E-state index in [1.807, 2.05) is 24.7 Å². The first kappa shape index (κ1) is 14.5. The van der Waals surface area contributed by atoms with E-state index in [0.29, 0.717) is 6.61 Å². The number of nitrogens with zero attached hydrogens (tertiary/aromatic N) is 5. The maximum Gasteiger partial charge on any atom is 0.203 e. The maximum absolute atomic E-state index is 5.20. The fourth-order valence-electron chi connectivity index (χ4n) is 2.12. The monoisotopic (exact) mass is 278 g/mol. The molecule has 110 valence electrons. The van der Waals surface area contributed by atoms with Crippen LogP contribution in [0.25, 0.3) is 0 Å². The van der Waals surface area contributed by atoms with E-state index in [1.165, 1.54) is 0 Å². The number of anilines is 1. The van der Waals surface area contributed by atoms with Gasteiger partial charge in [-0.25, -0.2) is 4.98 Å². The summed E-state index contributed by atoms with van der Waals surface area (Å²) in [7, 11) is 3.66. The summed E-state index contributed by atoms with van der Waals surface area (Å²) in [6.45, 7) is 5.53. The first-order chi connectivity index (χ1) is 9.61. The van der Waals surface area contributed by atoms with E-state index in [1.54, 1.807) is 13.4 Å². The number of hydrogen-bond donors (Lipinski definition) is 1. The summed E-state index contributed by atoms with van der Waals surface area (Å²) in [5, 5.41) is 11.3. The number of ether oxygens (including phenoxy) is 1. The van der Waals surface area contributed by atoms with Crippen molar-refractivity contribution in [1.82, 2.24) is 24.3 Å². The molecule has 1 atom stereocenters. The van der Waals surface area contributed by atoms with Crippen LogP contribution in [0.2, 0.25) is 0 Å². The molecule has 2 aromatic heterocycles. The van der Waals surface area contributed by atoms with Gasteiger partial charge in [0.1, 0.15) is 12.2 Å². The van der Waals surface area contributed by atoms with Crippen LogP contribution >= 0.6 is 0 Å². The van der Waals surface area contributed by atoms with Crippen molar-refractivity contribution in [2.45, 2.75) is 26.3 Å². The molecule has 20 heavy (non-hydrogen) atoms. The molecule has 7 heteroatoms. The van der Waals surface area contributed by atoms with E-state index in [9.17, 15) is 0 Å². The summed E-state index contributed by atoms with van der Waals surface area (Å²) in [6.07, 6.45) is 4.55. The van der Waals surface area contributed by atoms with Gasteiger partial charge in [0, 0.05) is 33.3 Å². The average molecular weight is 278 g/mol. The lowest BCUT2D eigenvalue weighted by atomic mass is 10.3. The Kier molecular flexibility index (Phi) is 4.73. The smallest absolute Gasteiger partial charge is 0.203 e. The van der Waals surface area contributed by atoms with E-state index in [4.69, 9.17) is 4.74 Å². The van der Waals surface area contributed by atoms with Crippen LogP contribution in [0.15, 0.2) is 12.5 Å². The maximum atomic E-state index is 5.20. The fraction of sp³-hybridized carbons (Fsp3) is 0.615. The van der Waals surface area contributed by atoms with Crippen molar-refractivity contribution >= 4 is 5.95 Å². The molecular formula is C13H22N6O. The third-order valence-corrected chi connectivity index (χ3v) is 3.17. The Morgan fingerprint density at radius 2 is 2.25 bits per heavy atom. The van der Waals surface area contributed by atoms with Gasteiger partial charge in [0.05, 0.1) is 18.3 Å². The summed E-state index contributed by atoms with van der Waals surface area (Å²) in [5.74, 6) is 1.83. The van der Waals surface area contributed by atoms with Crippen LogP contribution in [0.1, 0.15) is 24.5 Å². The molecule has 2 aromatic rings. The fourth-order valence-corrected chi connectivity index (χ4v) is 2.12. The highest BCUT2D eigenvalue weighted by Gasteiger charge is 2.11. The summed E-state index contributed by atoms with van der Waals surface area (Å²) >= 11 is 0. The Balaban J connectivity index is 1.97. The molecule has 1 N–H and O–H groups in total. The van der Waals surface area contributed by atoms with Crippen molar-refractivity contribution < 1.29 is 4.74 Å². The number of rotatable bonds is 7. The number of aromatic nitrogens is 5.